The van der Waals surface area contributed by atoms with Crippen LogP contribution in [0.15, 0.2) is 78.7 Å². The molecule has 0 radical (unpaired) electrons. The molecule has 0 atom stereocenters. The summed E-state index contributed by atoms with van der Waals surface area (Å²) in [5, 5.41) is 2.87. The van der Waals surface area contributed by atoms with Gasteiger partial charge in [-0.3, -0.25) is 4.57 Å². The number of thiazole rings is 1. The van der Waals surface area contributed by atoms with Crippen LogP contribution in [0.5, 0.6) is 0 Å². The molecule has 0 bridgehead atoms. The van der Waals surface area contributed by atoms with Crippen LogP contribution in [0.25, 0.3) is 38.5 Å². The molecule has 0 amide bonds. The molecule has 6 heteroatoms. The number of pyridine rings is 1. The minimum atomic E-state index is -0.240. The number of imidazole rings is 1. The van der Waals surface area contributed by atoms with Crippen LogP contribution in [0.1, 0.15) is 0 Å². The summed E-state index contributed by atoms with van der Waals surface area (Å²) in [6.07, 6.45) is 5.37. The van der Waals surface area contributed by atoms with Crippen molar-refractivity contribution in [1.82, 2.24) is 19.5 Å². The Labute approximate surface area is 158 Å². The van der Waals surface area contributed by atoms with Crippen LogP contribution in [0, 0.1) is 5.82 Å². The van der Waals surface area contributed by atoms with Gasteiger partial charge in [-0.15, -0.1) is 11.3 Å². The monoisotopic (exact) mass is 372 g/mol. The Hall–Kier alpha value is -3.38. The zero-order valence-corrected chi connectivity index (χ0v) is 14.9. The van der Waals surface area contributed by atoms with Crippen LogP contribution in [0.2, 0.25) is 0 Å². The maximum absolute atomic E-state index is 13.2. The molecule has 3 heterocycles. The third-order valence-corrected chi connectivity index (χ3v) is 5.19. The van der Waals surface area contributed by atoms with Crippen molar-refractivity contribution in [2.45, 2.75) is 0 Å². The first kappa shape index (κ1) is 15.8. The Kier molecular flexibility index (Phi) is 3.76. The summed E-state index contributed by atoms with van der Waals surface area (Å²) in [7, 11) is 0. The quantitative estimate of drug-likeness (QED) is 0.429. The zero-order valence-electron chi connectivity index (χ0n) is 14.1. The van der Waals surface area contributed by atoms with Crippen LogP contribution in [-0.4, -0.2) is 19.5 Å². The van der Waals surface area contributed by atoms with Crippen molar-refractivity contribution in [2.24, 2.45) is 0 Å². The highest BCUT2D eigenvalue weighted by molar-refractivity contribution is 7.13. The lowest BCUT2D eigenvalue weighted by Crippen LogP contribution is -1.94. The summed E-state index contributed by atoms with van der Waals surface area (Å²) < 4.78 is 15.1. The van der Waals surface area contributed by atoms with Crippen molar-refractivity contribution in [3.63, 3.8) is 0 Å². The molecule has 0 aliphatic carbocycles. The number of rotatable bonds is 3. The van der Waals surface area contributed by atoms with Crippen molar-refractivity contribution in [3.05, 3.63) is 84.5 Å². The number of aromatic nitrogens is 4. The maximum atomic E-state index is 13.2. The molecule has 0 aliphatic rings. The molecule has 0 unspecified atom stereocenters. The molecular formula is C21H13FN4S. The molecule has 5 aromatic rings. The Balaban J connectivity index is 1.57. The topological polar surface area (TPSA) is 43.6 Å². The molecule has 0 spiro atoms. The Bertz CT molecular complexity index is 1230. The van der Waals surface area contributed by atoms with Crippen molar-refractivity contribution in [1.29, 1.82) is 0 Å². The van der Waals surface area contributed by atoms with Gasteiger partial charge >= 0.3 is 0 Å². The fourth-order valence-corrected chi connectivity index (χ4v) is 3.67. The van der Waals surface area contributed by atoms with Crippen molar-refractivity contribution >= 4 is 22.5 Å². The average Bonchev–Trinajstić information content (AvgIpc) is 3.38. The van der Waals surface area contributed by atoms with E-state index >= 15 is 0 Å². The number of fused-ring (bicyclic) bond motifs is 1. The van der Waals surface area contributed by atoms with E-state index in [0.717, 1.165) is 38.5 Å². The van der Waals surface area contributed by atoms with Gasteiger partial charge in [-0.1, -0.05) is 24.3 Å². The fourth-order valence-electron chi connectivity index (χ4n) is 3.05. The summed E-state index contributed by atoms with van der Waals surface area (Å²) in [4.78, 5) is 13.4. The fraction of sp³-hybridized carbons (Fsp3) is 0. The van der Waals surface area contributed by atoms with Crippen LogP contribution in [-0.2, 0) is 0 Å². The lowest BCUT2D eigenvalue weighted by atomic mass is 10.1. The third-order valence-electron chi connectivity index (χ3n) is 4.37. The van der Waals surface area contributed by atoms with Crippen molar-refractivity contribution in [3.8, 4) is 27.4 Å². The normalized spacial score (nSPS) is 11.1. The smallest absolute Gasteiger partial charge is 0.164 e. The molecule has 2 aromatic carbocycles. The van der Waals surface area contributed by atoms with E-state index in [4.69, 9.17) is 0 Å². The van der Waals surface area contributed by atoms with E-state index in [0.29, 0.717) is 0 Å². The second-order valence-electron chi connectivity index (χ2n) is 6.08. The number of hydrogen-bond donors (Lipinski definition) is 0. The van der Waals surface area contributed by atoms with Crippen molar-refractivity contribution < 1.29 is 4.39 Å². The summed E-state index contributed by atoms with van der Waals surface area (Å²) >= 11 is 1.58. The maximum Gasteiger partial charge on any atom is 0.164 e. The van der Waals surface area contributed by atoms with Gasteiger partial charge in [0.1, 0.15) is 22.7 Å². The molecule has 0 saturated heterocycles. The molecule has 130 valence electrons. The van der Waals surface area contributed by atoms with Crippen LogP contribution >= 0.6 is 11.3 Å². The third kappa shape index (κ3) is 2.90. The standard InChI is InChI=1S/C21H13FN4S/c22-17-6-4-14(5-7-17)15-2-1-3-18(10-15)26-13-25-19-11-16(12-24-20(19)26)21-23-8-9-27-21/h1-13H. The van der Waals surface area contributed by atoms with Gasteiger partial charge in [0.25, 0.3) is 0 Å². The molecule has 0 N–H and O–H groups in total. The highest BCUT2D eigenvalue weighted by Gasteiger charge is 2.10. The highest BCUT2D eigenvalue weighted by Crippen LogP contribution is 2.27. The first-order valence-corrected chi connectivity index (χ1v) is 9.25. The van der Waals surface area contributed by atoms with Gasteiger partial charge in [0.15, 0.2) is 5.65 Å². The number of halogens is 1. The van der Waals surface area contributed by atoms with E-state index in [-0.39, 0.29) is 5.82 Å². The van der Waals surface area contributed by atoms with Gasteiger partial charge in [0.05, 0.1) is 0 Å². The molecule has 5 rings (SSSR count). The van der Waals surface area contributed by atoms with Crippen LogP contribution in [0.4, 0.5) is 4.39 Å². The van der Waals surface area contributed by atoms with Gasteiger partial charge in [0, 0.05) is 29.0 Å². The Morgan fingerprint density at radius 1 is 0.852 bits per heavy atom. The van der Waals surface area contributed by atoms with Gasteiger partial charge in [0.2, 0.25) is 0 Å². The molecular weight excluding hydrogens is 359 g/mol. The van der Waals surface area contributed by atoms with E-state index in [1.165, 1.54) is 12.1 Å². The van der Waals surface area contributed by atoms with E-state index in [1.807, 2.05) is 46.5 Å². The second-order valence-corrected chi connectivity index (χ2v) is 6.97. The average molecular weight is 372 g/mol. The number of nitrogens with zero attached hydrogens (tertiary/aromatic N) is 4. The first-order chi connectivity index (χ1) is 13.3. The highest BCUT2D eigenvalue weighted by atomic mass is 32.1. The van der Waals surface area contributed by atoms with E-state index in [9.17, 15) is 4.39 Å². The predicted octanol–water partition coefficient (Wildman–Crippen LogP) is 5.35. The lowest BCUT2D eigenvalue weighted by molar-refractivity contribution is 0.628. The van der Waals surface area contributed by atoms with E-state index in [1.54, 1.807) is 36.0 Å². The largest absolute Gasteiger partial charge is 0.283 e. The zero-order chi connectivity index (χ0) is 18.2. The molecule has 3 aromatic heterocycles. The summed E-state index contributed by atoms with van der Waals surface area (Å²) in [6, 6.07) is 16.5. The Morgan fingerprint density at radius 3 is 2.56 bits per heavy atom. The lowest BCUT2D eigenvalue weighted by Gasteiger charge is -2.07. The van der Waals surface area contributed by atoms with Crippen molar-refractivity contribution in [2.75, 3.05) is 0 Å². The molecule has 0 aliphatic heterocycles. The van der Waals surface area contributed by atoms with Gasteiger partial charge < -0.3 is 0 Å². The first-order valence-electron chi connectivity index (χ1n) is 8.37. The molecule has 4 nitrogen and oxygen atoms in total. The molecule has 0 saturated carbocycles. The van der Waals surface area contributed by atoms with Gasteiger partial charge in [-0.2, -0.15) is 0 Å². The predicted molar refractivity (Wildman–Crippen MR) is 105 cm³/mol. The van der Waals surface area contributed by atoms with Gasteiger partial charge in [-0.05, 0) is 41.5 Å². The van der Waals surface area contributed by atoms with Crippen LogP contribution in [0.3, 0.4) is 0 Å². The van der Waals surface area contributed by atoms with Crippen LogP contribution < -0.4 is 0 Å². The summed E-state index contributed by atoms with van der Waals surface area (Å²) in [6.45, 7) is 0. The van der Waals surface area contributed by atoms with Gasteiger partial charge in [-0.25, -0.2) is 19.3 Å². The SMILES string of the molecule is Fc1ccc(-c2cccc(-n3cnc4cc(-c5nccs5)cnc43)c2)cc1. The molecule has 0 fully saturated rings. The van der Waals surface area contributed by atoms with E-state index < -0.39 is 0 Å². The number of hydrogen-bond acceptors (Lipinski definition) is 4. The molecule has 27 heavy (non-hydrogen) atoms. The van der Waals surface area contributed by atoms with E-state index in [2.05, 4.69) is 15.0 Å². The summed E-state index contributed by atoms with van der Waals surface area (Å²) in [5.41, 5.74) is 5.48. The minimum Gasteiger partial charge on any atom is -0.283 e. The minimum absolute atomic E-state index is 0.240. The number of benzene rings is 2. The summed E-state index contributed by atoms with van der Waals surface area (Å²) in [5.74, 6) is -0.240. The Morgan fingerprint density at radius 2 is 1.74 bits per heavy atom. The second kappa shape index (κ2) is 6.41.